The molecule has 0 fully saturated rings. The highest BCUT2D eigenvalue weighted by Gasteiger charge is 2.19. The van der Waals surface area contributed by atoms with Gasteiger partial charge in [-0.25, -0.2) is 15.0 Å². The van der Waals surface area contributed by atoms with Gasteiger partial charge in [-0.2, -0.15) is 0 Å². The van der Waals surface area contributed by atoms with Gasteiger partial charge in [-0.3, -0.25) is 0 Å². The molecule has 54 heavy (non-hydrogen) atoms. The van der Waals surface area contributed by atoms with Gasteiger partial charge in [0.2, 0.25) is 0 Å². The smallest absolute Gasteiger partial charge is 0.164 e. The van der Waals surface area contributed by atoms with Crippen molar-refractivity contribution < 1.29 is 0 Å². The Morgan fingerprint density at radius 2 is 0.722 bits per heavy atom. The summed E-state index contributed by atoms with van der Waals surface area (Å²) in [5.41, 5.74) is 9.55. The van der Waals surface area contributed by atoms with Crippen LogP contribution in [0.5, 0.6) is 0 Å². The van der Waals surface area contributed by atoms with Crippen LogP contribution in [0.3, 0.4) is 0 Å². The molecule has 11 aromatic rings. The molecule has 252 valence electrons. The van der Waals surface area contributed by atoms with Crippen LogP contribution in [0.15, 0.2) is 188 Å². The summed E-state index contributed by atoms with van der Waals surface area (Å²) in [6, 6.07) is 66.2. The first-order chi connectivity index (χ1) is 26.8. The van der Waals surface area contributed by atoms with Crippen molar-refractivity contribution in [2.24, 2.45) is 0 Å². The Kier molecular flexibility index (Phi) is 6.79. The van der Waals surface area contributed by atoms with Crippen LogP contribution in [0.1, 0.15) is 0 Å². The lowest BCUT2D eigenvalue weighted by Crippen LogP contribution is -2.01. The topological polar surface area (TPSA) is 48.5 Å². The third kappa shape index (κ3) is 4.76. The second kappa shape index (κ2) is 12.1. The third-order valence-corrected chi connectivity index (χ3v) is 10.6. The average molecular weight is 690 g/mol. The van der Waals surface area contributed by atoms with Gasteiger partial charge in [0.15, 0.2) is 17.5 Å². The van der Waals surface area contributed by atoms with Gasteiger partial charge >= 0.3 is 0 Å². The molecular formula is C49H31N5. The van der Waals surface area contributed by atoms with Crippen molar-refractivity contribution in [3.63, 3.8) is 0 Å². The van der Waals surface area contributed by atoms with Crippen molar-refractivity contribution in [1.29, 1.82) is 0 Å². The summed E-state index contributed by atoms with van der Waals surface area (Å²) in [5, 5.41) is 7.01. The number of nitrogens with zero attached hydrogens (tertiary/aromatic N) is 5. The fraction of sp³-hybridized carbons (Fsp3) is 0. The molecular weight excluding hydrogens is 659 g/mol. The maximum absolute atomic E-state index is 5.27. The number of aromatic nitrogens is 5. The van der Waals surface area contributed by atoms with E-state index in [2.05, 4.69) is 197 Å². The second-order valence-electron chi connectivity index (χ2n) is 13.7. The van der Waals surface area contributed by atoms with E-state index in [-0.39, 0.29) is 0 Å². The molecule has 0 saturated carbocycles. The zero-order chi connectivity index (χ0) is 35.6. The molecule has 0 unspecified atom stereocenters. The Morgan fingerprint density at radius 1 is 0.296 bits per heavy atom. The fourth-order valence-corrected chi connectivity index (χ4v) is 8.10. The van der Waals surface area contributed by atoms with Crippen LogP contribution in [0.25, 0.3) is 99.9 Å². The van der Waals surface area contributed by atoms with E-state index in [4.69, 9.17) is 15.0 Å². The number of hydrogen-bond donors (Lipinski definition) is 0. The molecule has 11 rings (SSSR count). The Hall–Kier alpha value is -7.37. The molecule has 5 nitrogen and oxygen atoms in total. The van der Waals surface area contributed by atoms with Crippen molar-refractivity contribution >= 4 is 54.4 Å². The molecule has 0 saturated heterocycles. The highest BCUT2D eigenvalue weighted by molar-refractivity contribution is 6.11. The molecule has 0 N–H and O–H groups in total. The minimum atomic E-state index is 0.624. The predicted molar refractivity (Wildman–Crippen MR) is 222 cm³/mol. The van der Waals surface area contributed by atoms with Crippen LogP contribution in [0.4, 0.5) is 0 Å². The lowest BCUT2D eigenvalue weighted by molar-refractivity contribution is 1.08. The molecule has 0 atom stereocenters. The average Bonchev–Trinajstić information content (AvgIpc) is 3.76. The van der Waals surface area contributed by atoms with E-state index in [0.29, 0.717) is 17.5 Å². The molecule has 8 aromatic carbocycles. The summed E-state index contributed by atoms with van der Waals surface area (Å²) >= 11 is 0. The molecule has 0 bridgehead atoms. The first kappa shape index (κ1) is 30.3. The summed E-state index contributed by atoms with van der Waals surface area (Å²) in [7, 11) is 0. The van der Waals surface area contributed by atoms with Gasteiger partial charge in [0.25, 0.3) is 0 Å². The molecule has 0 radical (unpaired) electrons. The zero-order valence-electron chi connectivity index (χ0n) is 29.1. The number of fused-ring (bicyclic) bond motifs is 7. The van der Waals surface area contributed by atoms with Crippen molar-refractivity contribution in [2.45, 2.75) is 0 Å². The number of benzene rings is 8. The Balaban J connectivity index is 1.17. The maximum atomic E-state index is 5.27. The van der Waals surface area contributed by atoms with E-state index < -0.39 is 0 Å². The Labute approximate surface area is 311 Å². The molecule has 0 spiro atoms. The summed E-state index contributed by atoms with van der Waals surface area (Å²) in [4.78, 5) is 15.7. The van der Waals surface area contributed by atoms with Gasteiger partial charge in [0.05, 0.1) is 22.1 Å². The monoisotopic (exact) mass is 689 g/mol. The van der Waals surface area contributed by atoms with Gasteiger partial charge in [-0.15, -0.1) is 0 Å². The number of rotatable bonds is 5. The highest BCUT2D eigenvalue weighted by atomic mass is 15.0. The molecule has 3 heterocycles. The Morgan fingerprint density at radius 3 is 1.28 bits per heavy atom. The predicted octanol–water partition coefficient (Wildman–Crippen LogP) is 12.2. The first-order valence-electron chi connectivity index (χ1n) is 18.2. The lowest BCUT2D eigenvalue weighted by Gasteiger charge is -2.12. The molecule has 0 aliphatic rings. The SMILES string of the molecule is c1ccc(-n2c3ccccc3c3ccc(-c4nc(-c5ccc6c7ccccc7n(-c7ccccc7)c6c5)nc(-c5cccc6ccccc56)n4)cc32)cc1. The van der Waals surface area contributed by atoms with Crippen LogP contribution >= 0.6 is 0 Å². The summed E-state index contributed by atoms with van der Waals surface area (Å²) in [6.07, 6.45) is 0. The van der Waals surface area contributed by atoms with E-state index in [1.807, 2.05) is 0 Å². The van der Waals surface area contributed by atoms with E-state index in [1.165, 1.54) is 21.5 Å². The van der Waals surface area contributed by atoms with Gasteiger partial charge in [-0.1, -0.05) is 140 Å². The van der Waals surface area contributed by atoms with Gasteiger partial charge < -0.3 is 9.13 Å². The van der Waals surface area contributed by atoms with Gasteiger partial charge in [0.1, 0.15) is 0 Å². The second-order valence-corrected chi connectivity index (χ2v) is 13.7. The van der Waals surface area contributed by atoms with Crippen LogP contribution in [-0.2, 0) is 0 Å². The molecule has 0 amide bonds. The minimum Gasteiger partial charge on any atom is -0.309 e. The van der Waals surface area contributed by atoms with Crippen LogP contribution in [0, 0.1) is 0 Å². The van der Waals surface area contributed by atoms with Crippen molar-refractivity contribution in [3.05, 3.63) is 188 Å². The largest absolute Gasteiger partial charge is 0.309 e. The van der Waals surface area contributed by atoms with E-state index in [0.717, 1.165) is 60.9 Å². The molecule has 0 aliphatic carbocycles. The van der Waals surface area contributed by atoms with E-state index in [1.54, 1.807) is 0 Å². The molecule has 5 heteroatoms. The zero-order valence-corrected chi connectivity index (χ0v) is 29.1. The van der Waals surface area contributed by atoms with Gasteiger partial charge in [-0.05, 0) is 59.3 Å². The summed E-state index contributed by atoms with van der Waals surface area (Å²) < 4.78 is 4.66. The minimum absolute atomic E-state index is 0.624. The van der Waals surface area contributed by atoms with E-state index in [9.17, 15) is 0 Å². The molecule has 0 aliphatic heterocycles. The third-order valence-electron chi connectivity index (χ3n) is 10.6. The number of para-hydroxylation sites is 4. The summed E-state index contributed by atoms with van der Waals surface area (Å²) in [6.45, 7) is 0. The van der Waals surface area contributed by atoms with E-state index >= 15 is 0 Å². The normalized spacial score (nSPS) is 11.7. The number of hydrogen-bond acceptors (Lipinski definition) is 3. The quantitative estimate of drug-likeness (QED) is 0.181. The van der Waals surface area contributed by atoms with Crippen molar-refractivity contribution in [3.8, 4) is 45.5 Å². The van der Waals surface area contributed by atoms with Crippen LogP contribution in [-0.4, -0.2) is 24.1 Å². The van der Waals surface area contributed by atoms with Gasteiger partial charge in [0, 0.05) is 49.6 Å². The lowest BCUT2D eigenvalue weighted by atomic mass is 10.0. The summed E-state index contributed by atoms with van der Waals surface area (Å²) in [5.74, 6) is 1.89. The fourth-order valence-electron chi connectivity index (χ4n) is 8.10. The first-order valence-corrected chi connectivity index (χ1v) is 18.2. The standard InChI is InChI=1S/C49H31N5/c1-3-16-35(17-4-1)53-43-24-11-9-21-38(43)40-28-26-33(30-45(40)53)47-50-48(52-49(51-47)42-23-13-15-32-14-7-8-20-37(32)42)34-27-29-41-39-22-10-12-25-44(39)54(46(41)31-34)36-18-5-2-6-19-36/h1-31H. The van der Waals surface area contributed by atoms with Crippen molar-refractivity contribution in [1.82, 2.24) is 24.1 Å². The maximum Gasteiger partial charge on any atom is 0.164 e. The van der Waals surface area contributed by atoms with Crippen LogP contribution < -0.4 is 0 Å². The van der Waals surface area contributed by atoms with Crippen molar-refractivity contribution in [2.75, 3.05) is 0 Å². The van der Waals surface area contributed by atoms with Crippen LogP contribution in [0.2, 0.25) is 0 Å². The Bertz CT molecular complexity index is 3030. The molecule has 3 aromatic heterocycles. The highest BCUT2D eigenvalue weighted by Crippen LogP contribution is 2.37.